The van der Waals surface area contributed by atoms with Crippen LogP contribution in [0.5, 0.6) is 0 Å². The van der Waals surface area contributed by atoms with Crippen LogP contribution in [-0.4, -0.2) is 5.71 Å². The molecule has 0 spiro atoms. The molecule has 0 saturated heterocycles. The van der Waals surface area contributed by atoms with Crippen molar-refractivity contribution < 1.29 is 0 Å². The molecule has 0 aromatic carbocycles. The first-order chi connectivity index (χ1) is 6.13. The van der Waals surface area contributed by atoms with Gasteiger partial charge in [-0.1, -0.05) is 12.5 Å². The number of nitrogens with zero attached hydrogens (tertiary/aromatic N) is 1. The van der Waals surface area contributed by atoms with Gasteiger partial charge in [0.1, 0.15) is 0 Å². The van der Waals surface area contributed by atoms with Crippen molar-refractivity contribution in [2.24, 2.45) is 4.99 Å². The number of aliphatic imine (C=N–C) groups is 1. The minimum Gasteiger partial charge on any atom is -0.258 e. The first kappa shape index (κ1) is 10.2. The van der Waals surface area contributed by atoms with Crippen LogP contribution in [0.15, 0.2) is 27.9 Å². The van der Waals surface area contributed by atoms with E-state index in [0.717, 1.165) is 12.8 Å². The lowest BCUT2D eigenvalue weighted by Crippen LogP contribution is -2.01. The predicted octanol–water partition coefficient (Wildman–Crippen LogP) is 3.87. The van der Waals surface area contributed by atoms with Gasteiger partial charge in [-0.2, -0.15) is 0 Å². The van der Waals surface area contributed by atoms with E-state index in [9.17, 15) is 0 Å². The maximum absolute atomic E-state index is 4.57. The number of allylic oxidation sites excluding steroid dienone is 3. The summed E-state index contributed by atoms with van der Waals surface area (Å²) < 4.78 is 0. The number of rotatable bonds is 2. The fraction of sp³-hybridized carbons (Fsp3) is 0.583. The second-order valence-corrected chi connectivity index (χ2v) is 3.86. The summed E-state index contributed by atoms with van der Waals surface area (Å²) >= 11 is 0. The second kappa shape index (κ2) is 4.40. The van der Waals surface area contributed by atoms with Crippen LogP contribution in [0, 0.1) is 0 Å². The highest BCUT2D eigenvalue weighted by molar-refractivity contribution is 5.84. The summed E-state index contributed by atoms with van der Waals surface area (Å²) in [6.45, 7) is 8.65. The van der Waals surface area contributed by atoms with Gasteiger partial charge in [0, 0.05) is 5.71 Å². The van der Waals surface area contributed by atoms with Crippen molar-refractivity contribution in [1.82, 2.24) is 0 Å². The van der Waals surface area contributed by atoms with Crippen LogP contribution in [0.4, 0.5) is 0 Å². The summed E-state index contributed by atoms with van der Waals surface area (Å²) in [6, 6.07) is 0. The molecule has 0 amide bonds. The van der Waals surface area contributed by atoms with Crippen LogP contribution in [-0.2, 0) is 0 Å². The normalized spacial score (nSPS) is 19.1. The van der Waals surface area contributed by atoms with Crippen LogP contribution < -0.4 is 0 Å². The minimum atomic E-state index is 1.12. The largest absolute Gasteiger partial charge is 0.258 e. The molecule has 1 nitrogen and oxygen atoms in total. The van der Waals surface area contributed by atoms with Gasteiger partial charge in [0.2, 0.25) is 0 Å². The molecule has 1 aliphatic rings. The van der Waals surface area contributed by atoms with Gasteiger partial charge in [0.15, 0.2) is 0 Å². The van der Waals surface area contributed by atoms with Gasteiger partial charge >= 0.3 is 0 Å². The summed E-state index contributed by atoms with van der Waals surface area (Å²) in [5.74, 6) is 0. The third-order valence-electron chi connectivity index (χ3n) is 2.55. The van der Waals surface area contributed by atoms with Crippen molar-refractivity contribution in [1.29, 1.82) is 0 Å². The fourth-order valence-electron chi connectivity index (χ4n) is 1.34. The Morgan fingerprint density at radius 3 is 2.69 bits per heavy atom. The minimum absolute atomic E-state index is 1.12. The standard InChI is InChI=1S/C12H19N/c1-5-9(2)8-12-10(3)6-7-11(4)13-12/h8H,5-7H2,1-4H3/b9-8-. The smallest absolute Gasteiger partial charge is 0.0617 e. The Morgan fingerprint density at radius 2 is 2.08 bits per heavy atom. The van der Waals surface area contributed by atoms with Crippen LogP contribution in [0.1, 0.15) is 47.0 Å². The van der Waals surface area contributed by atoms with E-state index in [1.54, 1.807) is 0 Å². The first-order valence-corrected chi connectivity index (χ1v) is 5.04. The summed E-state index contributed by atoms with van der Waals surface area (Å²) in [7, 11) is 0. The lowest BCUT2D eigenvalue weighted by atomic mass is 10.0. The molecule has 0 saturated carbocycles. The molecule has 0 fully saturated rings. The van der Waals surface area contributed by atoms with Crippen LogP contribution in [0.2, 0.25) is 0 Å². The van der Waals surface area contributed by atoms with E-state index in [-0.39, 0.29) is 0 Å². The van der Waals surface area contributed by atoms with E-state index in [0.29, 0.717) is 0 Å². The summed E-state index contributed by atoms with van der Waals surface area (Å²) in [4.78, 5) is 4.57. The Labute approximate surface area is 81.3 Å². The molecule has 0 radical (unpaired) electrons. The molecule has 0 unspecified atom stereocenters. The van der Waals surface area contributed by atoms with Crippen molar-refractivity contribution in [2.75, 3.05) is 0 Å². The molecule has 72 valence electrons. The highest BCUT2D eigenvalue weighted by atomic mass is 14.8. The Kier molecular flexibility index (Phi) is 3.47. The predicted molar refractivity (Wildman–Crippen MR) is 59.1 cm³/mol. The highest BCUT2D eigenvalue weighted by Gasteiger charge is 2.06. The third kappa shape index (κ3) is 2.83. The van der Waals surface area contributed by atoms with Gasteiger partial charge in [-0.15, -0.1) is 0 Å². The molecule has 1 heterocycles. The molecular weight excluding hydrogens is 158 g/mol. The third-order valence-corrected chi connectivity index (χ3v) is 2.55. The zero-order chi connectivity index (χ0) is 9.84. The van der Waals surface area contributed by atoms with E-state index in [1.165, 1.54) is 29.0 Å². The lowest BCUT2D eigenvalue weighted by molar-refractivity contribution is 0.944. The molecule has 0 N–H and O–H groups in total. The van der Waals surface area contributed by atoms with Crippen LogP contribution in [0.3, 0.4) is 0 Å². The second-order valence-electron chi connectivity index (χ2n) is 3.86. The summed E-state index contributed by atoms with van der Waals surface area (Å²) in [5.41, 5.74) is 5.30. The molecule has 1 aliphatic heterocycles. The molecular formula is C12H19N. The average molecular weight is 177 g/mol. The number of hydrogen-bond acceptors (Lipinski definition) is 1. The van der Waals surface area contributed by atoms with E-state index in [4.69, 9.17) is 0 Å². The average Bonchev–Trinajstić information content (AvgIpc) is 2.11. The Balaban J connectivity index is 2.90. The summed E-state index contributed by atoms with van der Waals surface area (Å²) in [5, 5.41) is 0. The maximum atomic E-state index is 4.57. The maximum Gasteiger partial charge on any atom is 0.0617 e. The van der Waals surface area contributed by atoms with Crippen molar-refractivity contribution in [3.63, 3.8) is 0 Å². The van der Waals surface area contributed by atoms with Gasteiger partial charge in [-0.3, -0.25) is 4.99 Å². The van der Waals surface area contributed by atoms with Gasteiger partial charge in [-0.25, -0.2) is 0 Å². The van der Waals surface area contributed by atoms with E-state index in [2.05, 4.69) is 38.8 Å². The van der Waals surface area contributed by atoms with Crippen molar-refractivity contribution >= 4 is 5.71 Å². The van der Waals surface area contributed by atoms with Crippen molar-refractivity contribution in [3.05, 3.63) is 22.9 Å². The molecule has 0 bridgehead atoms. The fourth-order valence-corrected chi connectivity index (χ4v) is 1.34. The Morgan fingerprint density at radius 1 is 1.38 bits per heavy atom. The SMILES string of the molecule is CC/C(C)=C\C1=C(C)CCC(C)=N1. The van der Waals surface area contributed by atoms with Gasteiger partial charge < -0.3 is 0 Å². The van der Waals surface area contributed by atoms with Crippen molar-refractivity contribution in [3.8, 4) is 0 Å². The van der Waals surface area contributed by atoms with Gasteiger partial charge in [0.05, 0.1) is 5.70 Å². The number of hydrogen-bond donors (Lipinski definition) is 0. The molecule has 0 aliphatic carbocycles. The molecule has 1 heteroatoms. The van der Waals surface area contributed by atoms with Crippen LogP contribution in [0.25, 0.3) is 0 Å². The van der Waals surface area contributed by atoms with E-state index < -0.39 is 0 Å². The van der Waals surface area contributed by atoms with E-state index in [1.807, 2.05) is 0 Å². The Hall–Kier alpha value is -0.850. The lowest BCUT2D eigenvalue weighted by Gasteiger charge is -2.12. The van der Waals surface area contributed by atoms with E-state index >= 15 is 0 Å². The quantitative estimate of drug-likeness (QED) is 0.607. The molecule has 0 atom stereocenters. The highest BCUT2D eigenvalue weighted by Crippen LogP contribution is 2.21. The zero-order valence-electron chi connectivity index (χ0n) is 9.15. The van der Waals surface area contributed by atoms with Gasteiger partial charge in [-0.05, 0) is 51.7 Å². The molecule has 13 heavy (non-hydrogen) atoms. The first-order valence-electron chi connectivity index (χ1n) is 5.04. The van der Waals surface area contributed by atoms with Gasteiger partial charge in [0.25, 0.3) is 0 Å². The van der Waals surface area contributed by atoms with Crippen LogP contribution >= 0.6 is 0 Å². The monoisotopic (exact) mass is 177 g/mol. The Bertz CT molecular complexity index is 279. The molecule has 0 aromatic rings. The summed E-state index contributed by atoms with van der Waals surface area (Å²) in [6.07, 6.45) is 5.65. The molecule has 1 rings (SSSR count). The van der Waals surface area contributed by atoms with Crippen molar-refractivity contribution in [2.45, 2.75) is 47.0 Å². The topological polar surface area (TPSA) is 12.4 Å². The zero-order valence-corrected chi connectivity index (χ0v) is 9.15. The molecule has 0 aromatic heterocycles.